The molecule has 2 rings (SSSR count). The summed E-state index contributed by atoms with van der Waals surface area (Å²) in [7, 11) is 0. The molecule has 0 heterocycles. The van der Waals surface area contributed by atoms with Gasteiger partial charge in [-0.1, -0.05) is 17.7 Å². The van der Waals surface area contributed by atoms with Gasteiger partial charge in [0.25, 0.3) is 5.91 Å². The van der Waals surface area contributed by atoms with E-state index in [0.29, 0.717) is 16.5 Å². The van der Waals surface area contributed by atoms with E-state index in [1.54, 1.807) is 31.2 Å². The number of rotatable bonds is 5. The maximum atomic E-state index is 12.2. The number of carboxylic acid groups (broad SMARTS) is 1. The number of benzene rings is 2. The first-order chi connectivity index (χ1) is 11.3. The normalized spacial score (nSPS) is 11.7. The molecule has 0 fully saturated rings. The first kappa shape index (κ1) is 17.8. The number of nitrogens with one attached hydrogen (secondary N) is 1. The number of aromatic carboxylic acids is 1. The fourth-order valence-corrected chi connectivity index (χ4v) is 2.31. The van der Waals surface area contributed by atoms with Crippen LogP contribution in [0, 0.1) is 13.8 Å². The second-order valence-corrected chi connectivity index (χ2v) is 5.88. The molecule has 0 radical (unpaired) electrons. The smallest absolute Gasteiger partial charge is 0.335 e. The lowest BCUT2D eigenvalue weighted by Gasteiger charge is -2.16. The van der Waals surface area contributed by atoms with Crippen LogP contribution >= 0.6 is 11.6 Å². The lowest BCUT2D eigenvalue weighted by molar-refractivity contribution is -0.122. The Hall–Kier alpha value is -2.53. The molecular formula is C18H18ClNO4. The number of amides is 1. The molecule has 5 nitrogen and oxygen atoms in total. The van der Waals surface area contributed by atoms with Crippen LogP contribution in [0.15, 0.2) is 36.4 Å². The molecule has 24 heavy (non-hydrogen) atoms. The molecule has 0 saturated carbocycles. The van der Waals surface area contributed by atoms with Crippen LogP contribution in [0.25, 0.3) is 0 Å². The Bertz CT molecular complexity index is 765. The highest BCUT2D eigenvalue weighted by Gasteiger charge is 2.16. The number of hydrogen-bond donors (Lipinski definition) is 2. The standard InChI is InChI=1S/C18H18ClNO4/c1-10-7-15(8-11(2)16(10)19)24-12(3)17(21)20-14-6-4-5-13(9-14)18(22)23/h4-9,12H,1-3H3,(H,20,21)(H,22,23)/t12-/m1/s1. The van der Waals surface area contributed by atoms with Gasteiger partial charge in [-0.15, -0.1) is 0 Å². The lowest BCUT2D eigenvalue weighted by Crippen LogP contribution is -2.30. The fraction of sp³-hybridized carbons (Fsp3) is 0.222. The minimum absolute atomic E-state index is 0.102. The molecular weight excluding hydrogens is 330 g/mol. The van der Waals surface area contributed by atoms with Crippen molar-refractivity contribution in [3.8, 4) is 5.75 Å². The lowest BCUT2D eigenvalue weighted by atomic mass is 10.1. The largest absolute Gasteiger partial charge is 0.481 e. The molecule has 1 amide bonds. The third-order valence-electron chi connectivity index (χ3n) is 3.47. The SMILES string of the molecule is Cc1cc(O[C@H](C)C(=O)Nc2cccc(C(=O)O)c2)cc(C)c1Cl. The molecule has 0 unspecified atom stereocenters. The number of hydrogen-bond acceptors (Lipinski definition) is 3. The molecule has 0 saturated heterocycles. The van der Waals surface area contributed by atoms with Crippen LogP contribution in [0.3, 0.4) is 0 Å². The fourth-order valence-electron chi connectivity index (χ4n) is 2.21. The van der Waals surface area contributed by atoms with Gasteiger partial charge in [-0.2, -0.15) is 0 Å². The van der Waals surface area contributed by atoms with E-state index in [1.807, 2.05) is 13.8 Å². The number of ether oxygens (including phenoxy) is 1. The maximum absolute atomic E-state index is 12.2. The van der Waals surface area contributed by atoms with Gasteiger partial charge in [0.2, 0.25) is 0 Å². The monoisotopic (exact) mass is 347 g/mol. The second-order valence-electron chi connectivity index (χ2n) is 5.51. The zero-order valence-corrected chi connectivity index (χ0v) is 14.3. The molecule has 0 bridgehead atoms. The van der Waals surface area contributed by atoms with Crippen molar-refractivity contribution in [3.63, 3.8) is 0 Å². The van der Waals surface area contributed by atoms with E-state index < -0.39 is 12.1 Å². The van der Waals surface area contributed by atoms with Crippen molar-refractivity contribution in [1.29, 1.82) is 0 Å². The van der Waals surface area contributed by atoms with E-state index in [2.05, 4.69) is 5.32 Å². The molecule has 0 aliphatic heterocycles. The van der Waals surface area contributed by atoms with Gasteiger partial charge in [0.1, 0.15) is 5.75 Å². The summed E-state index contributed by atoms with van der Waals surface area (Å²) in [5.41, 5.74) is 2.24. The number of carbonyl (C=O) groups is 2. The second kappa shape index (κ2) is 7.36. The molecule has 0 spiro atoms. The summed E-state index contributed by atoms with van der Waals surface area (Å²) >= 11 is 6.11. The third kappa shape index (κ3) is 4.26. The van der Waals surface area contributed by atoms with Gasteiger partial charge in [0.15, 0.2) is 6.10 Å². The number of anilines is 1. The quantitative estimate of drug-likeness (QED) is 0.855. The molecule has 126 valence electrons. The van der Waals surface area contributed by atoms with Crippen LogP contribution in [0.2, 0.25) is 5.02 Å². The molecule has 6 heteroatoms. The number of halogens is 1. The van der Waals surface area contributed by atoms with Gasteiger partial charge in [0, 0.05) is 10.7 Å². The van der Waals surface area contributed by atoms with E-state index in [9.17, 15) is 9.59 Å². The summed E-state index contributed by atoms with van der Waals surface area (Å²) in [6.45, 7) is 5.35. The van der Waals surface area contributed by atoms with E-state index in [-0.39, 0.29) is 11.5 Å². The Morgan fingerprint density at radius 3 is 2.38 bits per heavy atom. The van der Waals surface area contributed by atoms with E-state index in [0.717, 1.165) is 11.1 Å². The van der Waals surface area contributed by atoms with Crippen LogP contribution in [0.1, 0.15) is 28.4 Å². The van der Waals surface area contributed by atoms with Crippen LogP contribution in [-0.4, -0.2) is 23.1 Å². The molecule has 0 aliphatic carbocycles. The Kier molecular flexibility index (Phi) is 5.46. The number of aryl methyl sites for hydroxylation is 2. The van der Waals surface area contributed by atoms with E-state index in [4.69, 9.17) is 21.4 Å². The van der Waals surface area contributed by atoms with Crippen LogP contribution in [-0.2, 0) is 4.79 Å². The van der Waals surface area contributed by atoms with Gasteiger partial charge in [-0.25, -0.2) is 4.79 Å². The van der Waals surface area contributed by atoms with Crippen LogP contribution in [0.4, 0.5) is 5.69 Å². The van der Waals surface area contributed by atoms with Gasteiger partial charge in [0.05, 0.1) is 5.56 Å². The predicted octanol–water partition coefficient (Wildman–Crippen LogP) is 4.06. The summed E-state index contributed by atoms with van der Waals surface area (Å²) < 4.78 is 5.66. The predicted molar refractivity (Wildman–Crippen MR) is 93.0 cm³/mol. The minimum atomic E-state index is -1.05. The minimum Gasteiger partial charge on any atom is -0.481 e. The number of carbonyl (C=O) groups excluding carboxylic acids is 1. The molecule has 2 N–H and O–H groups in total. The van der Waals surface area contributed by atoms with Gasteiger partial charge in [-0.05, 0) is 62.2 Å². The molecule has 2 aromatic carbocycles. The zero-order valence-electron chi connectivity index (χ0n) is 13.6. The first-order valence-corrected chi connectivity index (χ1v) is 7.73. The van der Waals surface area contributed by atoms with E-state index in [1.165, 1.54) is 12.1 Å². The van der Waals surface area contributed by atoms with Gasteiger partial charge in [-0.3, -0.25) is 4.79 Å². The van der Waals surface area contributed by atoms with Crippen LogP contribution in [0.5, 0.6) is 5.75 Å². The first-order valence-electron chi connectivity index (χ1n) is 7.35. The van der Waals surface area contributed by atoms with Crippen LogP contribution < -0.4 is 10.1 Å². The van der Waals surface area contributed by atoms with Crippen molar-refractivity contribution in [2.24, 2.45) is 0 Å². The van der Waals surface area contributed by atoms with Crippen molar-refractivity contribution < 1.29 is 19.4 Å². The maximum Gasteiger partial charge on any atom is 0.335 e. The summed E-state index contributed by atoms with van der Waals surface area (Å²) in [5.74, 6) is -0.873. The van der Waals surface area contributed by atoms with Crippen molar-refractivity contribution in [3.05, 3.63) is 58.1 Å². The Morgan fingerprint density at radius 1 is 1.17 bits per heavy atom. The van der Waals surface area contributed by atoms with Gasteiger partial charge < -0.3 is 15.2 Å². The molecule has 0 aromatic heterocycles. The van der Waals surface area contributed by atoms with Crippen molar-refractivity contribution in [2.75, 3.05) is 5.32 Å². The topological polar surface area (TPSA) is 75.6 Å². The van der Waals surface area contributed by atoms with Gasteiger partial charge >= 0.3 is 5.97 Å². The molecule has 2 aromatic rings. The Balaban J connectivity index is 2.07. The molecule has 0 aliphatic rings. The van der Waals surface area contributed by atoms with Crippen molar-refractivity contribution in [2.45, 2.75) is 26.9 Å². The highest BCUT2D eigenvalue weighted by atomic mass is 35.5. The molecule has 1 atom stereocenters. The average molecular weight is 348 g/mol. The third-order valence-corrected chi connectivity index (χ3v) is 4.07. The van der Waals surface area contributed by atoms with Crippen molar-refractivity contribution in [1.82, 2.24) is 0 Å². The Morgan fingerprint density at radius 2 is 1.79 bits per heavy atom. The Labute approximate surface area is 145 Å². The summed E-state index contributed by atoms with van der Waals surface area (Å²) in [6, 6.07) is 9.57. The number of carboxylic acids is 1. The highest BCUT2D eigenvalue weighted by Crippen LogP contribution is 2.26. The zero-order chi connectivity index (χ0) is 17.9. The van der Waals surface area contributed by atoms with E-state index >= 15 is 0 Å². The summed E-state index contributed by atoms with van der Waals surface area (Å²) in [6.07, 6.45) is -0.751. The van der Waals surface area contributed by atoms with Crippen molar-refractivity contribution >= 4 is 29.2 Å². The highest BCUT2D eigenvalue weighted by molar-refractivity contribution is 6.32. The summed E-state index contributed by atoms with van der Waals surface area (Å²) in [4.78, 5) is 23.2. The summed E-state index contributed by atoms with van der Waals surface area (Å²) in [5, 5.41) is 12.3. The average Bonchev–Trinajstić information content (AvgIpc) is 2.52.